The standard InChI is InChI=1S/C17H15N3O2/c1-12-15(16(21)19-11-13-6-5-9-18-10-13)20-17(22-12)14-7-3-2-4-8-14/h2-10H,11H2,1H3,(H,19,21). The molecule has 0 atom stereocenters. The van der Waals surface area contributed by atoms with Gasteiger partial charge in [0.15, 0.2) is 5.69 Å². The van der Waals surface area contributed by atoms with Crippen LogP contribution in [0.1, 0.15) is 21.8 Å². The molecule has 2 aromatic heterocycles. The predicted molar refractivity (Wildman–Crippen MR) is 82.1 cm³/mol. The molecule has 0 fully saturated rings. The van der Waals surface area contributed by atoms with E-state index in [0.29, 0.717) is 23.9 Å². The number of aryl methyl sites for hydroxylation is 1. The lowest BCUT2D eigenvalue weighted by molar-refractivity contribution is 0.0945. The van der Waals surface area contributed by atoms with Crippen LogP contribution in [0.4, 0.5) is 0 Å². The lowest BCUT2D eigenvalue weighted by atomic mass is 10.2. The lowest BCUT2D eigenvalue weighted by Gasteiger charge is -2.02. The molecule has 1 aromatic carbocycles. The molecule has 5 nitrogen and oxygen atoms in total. The van der Waals surface area contributed by atoms with Crippen LogP contribution in [-0.4, -0.2) is 15.9 Å². The first-order chi connectivity index (χ1) is 10.7. The summed E-state index contributed by atoms with van der Waals surface area (Å²) in [6.07, 6.45) is 3.41. The van der Waals surface area contributed by atoms with Gasteiger partial charge in [0.25, 0.3) is 5.91 Å². The number of oxazole rings is 1. The molecule has 1 N–H and O–H groups in total. The van der Waals surface area contributed by atoms with Gasteiger partial charge in [0, 0.05) is 24.5 Å². The van der Waals surface area contributed by atoms with Crippen LogP contribution >= 0.6 is 0 Å². The number of nitrogens with one attached hydrogen (secondary N) is 1. The first-order valence-corrected chi connectivity index (χ1v) is 6.94. The molecule has 0 bridgehead atoms. The van der Waals surface area contributed by atoms with E-state index in [9.17, 15) is 4.79 Å². The minimum Gasteiger partial charge on any atom is -0.441 e. The Morgan fingerprint density at radius 1 is 1.18 bits per heavy atom. The summed E-state index contributed by atoms with van der Waals surface area (Å²) in [5, 5.41) is 2.82. The van der Waals surface area contributed by atoms with Gasteiger partial charge in [-0.05, 0) is 30.7 Å². The summed E-state index contributed by atoms with van der Waals surface area (Å²) in [5.74, 6) is 0.694. The summed E-state index contributed by atoms with van der Waals surface area (Å²) in [7, 11) is 0. The summed E-state index contributed by atoms with van der Waals surface area (Å²) < 4.78 is 5.59. The molecule has 0 unspecified atom stereocenters. The molecule has 0 saturated heterocycles. The maximum Gasteiger partial charge on any atom is 0.273 e. The fourth-order valence-electron chi connectivity index (χ4n) is 2.08. The molecular formula is C17H15N3O2. The number of benzene rings is 1. The van der Waals surface area contributed by atoms with Gasteiger partial charge in [0.05, 0.1) is 0 Å². The van der Waals surface area contributed by atoms with Crippen LogP contribution in [0.3, 0.4) is 0 Å². The van der Waals surface area contributed by atoms with E-state index >= 15 is 0 Å². The quantitative estimate of drug-likeness (QED) is 0.803. The van der Waals surface area contributed by atoms with E-state index in [-0.39, 0.29) is 5.91 Å². The maximum absolute atomic E-state index is 12.2. The summed E-state index contributed by atoms with van der Waals surface area (Å²) in [6.45, 7) is 2.14. The molecule has 1 amide bonds. The molecule has 0 saturated carbocycles. The van der Waals surface area contributed by atoms with Crippen molar-refractivity contribution in [1.29, 1.82) is 0 Å². The molecule has 3 rings (SSSR count). The minimum absolute atomic E-state index is 0.257. The number of hydrogen-bond acceptors (Lipinski definition) is 4. The Balaban J connectivity index is 1.74. The minimum atomic E-state index is -0.257. The van der Waals surface area contributed by atoms with Gasteiger partial charge >= 0.3 is 0 Å². The van der Waals surface area contributed by atoms with Gasteiger partial charge in [-0.1, -0.05) is 24.3 Å². The van der Waals surface area contributed by atoms with Crippen molar-refractivity contribution in [2.24, 2.45) is 0 Å². The van der Waals surface area contributed by atoms with E-state index in [1.807, 2.05) is 42.5 Å². The Bertz CT molecular complexity index is 767. The van der Waals surface area contributed by atoms with E-state index in [2.05, 4.69) is 15.3 Å². The predicted octanol–water partition coefficient (Wildman–Crippen LogP) is 2.98. The maximum atomic E-state index is 12.2. The number of amides is 1. The zero-order chi connectivity index (χ0) is 15.4. The van der Waals surface area contributed by atoms with Crippen molar-refractivity contribution in [3.05, 3.63) is 71.9 Å². The summed E-state index contributed by atoms with van der Waals surface area (Å²) in [4.78, 5) is 20.5. The highest BCUT2D eigenvalue weighted by atomic mass is 16.4. The Labute approximate surface area is 128 Å². The topological polar surface area (TPSA) is 68.0 Å². The highest BCUT2D eigenvalue weighted by Gasteiger charge is 2.17. The zero-order valence-electron chi connectivity index (χ0n) is 12.1. The van der Waals surface area contributed by atoms with Crippen molar-refractivity contribution < 1.29 is 9.21 Å². The first kappa shape index (κ1) is 14.0. The number of aromatic nitrogens is 2. The van der Waals surface area contributed by atoms with E-state index in [1.165, 1.54) is 0 Å². The van der Waals surface area contributed by atoms with Gasteiger partial charge in [0.2, 0.25) is 5.89 Å². The molecular weight excluding hydrogens is 278 g/mol. The Morgan fingerprint density at radius 3 is 2.73 bits per heavy atom. The van der Waals surface area contributed by atoms with Crippen LogP contribution in [0.25, 0.3) is 11.5 Å². The van der Waals surface area contributed by atoms with Crippen molar-refractivity contribution in [2.75, 3.05) is 0 Å². The third-order valence-corrected chi connectivity index (χ3v) is 3.21. The number of carbonyl (C=O) groups is 1. The van der Waals surface area contributed by atoms with Crippen LogP contribution in [-0.2, 0) is 6.54 Å². The van der Waals surface area contributed by atoms with Gasteiger partial charge in [-0.3, -0.25) is 9.78 Å². The number of carbonyl (C=O) groups excluding carboxylic acids is 1. The van der Waals surface area contributed by atoms with E-state index < -0.39 is 0 Å². The normalized spacial score (nSPS) is 10.4. The smallest absolute Gasteiger partial charge is 0.273 e. The number of rotatable bonds is 4. The second-order valence-electron chi connectivity index (χ2n) is 4.83. The Hall–Kier alpha value is -2.95. The van der Waals surface area contributed by atoms with Gasteiger partial charge in [-0.15, -0.1) is 0 Å². The van der Waals surface area contributed by atoms with Crippen molar-refractivity contribution >= 4 is 5.91 Å². The number of nitrogens with zero attached hydrogens (tertiary/aromatic N) is 2. The van der Waals surface area contributed by atoms with Crippen LogP contribution < -0.4 is 5.32 Å². The third kappa shape index (κ3) is 3.03. The fourth-order valence-corrected chi connectivity index (χ4v) is 2.08. The molecule has 110 valence electrons. The molecule has 0 spiro atoms. The van der Waals surface area contributed by atoms with E-state index in [4.69, 9.17) is 4.42 Å². The monoisotopic (exact) mass is 293 g/mol. The Morgan fingerprint density at radius 2 is 2.00 bits per heavy atom. The second kappa shape index (κ2) is 6.22. The molecule has 5 heteroatoms. The molecule has 0 aliphatic rings. The van der Waals surface area contributed by atoms with Crippen molar-refractivity contribution in [3.8, 4) is 11.5 Å². The third-order valence-electron chi connectivity index (χ3n) is 3.21. The van der Waals surface area contributed by atoms with Crippen LogP contribution in [0.15, 0.2) is 59.3 Å². The molecule has 0 aliphatic heterocycles. The molecule has 2 heterocycles. The van der Waals surface area contributed by atoms with Crippen molar-refractivity contribution in [1.82, 2.24) is 15.3 Å². The average molecular weight is 293 g/mol. The molecule has 0 radical (unpaired) electrons. The highest BCUT2D eigenvalue weighted by molar-refractivity contribution is 5.93. The Kier molecular flexibility index (Phi) is 3.96. The summed E-state index contributed by atoms with van der Waals surface area (Å²) >= 11 is 0. The van der Waals surface area contributed by atoms with Gasteiger partial charge < -0.3 is 9.73 Å². The molecule has 22 heavy (non-hydrogen) atoms. The summed E-state index contributed by atoms with van der Waals surface area (Å²) in [5.41, 5.74) is 2.08. The second-order valence-corrected chi connectivity index (χ2v) is 4.83. The first-order valence-electron chi connectivity index (χ1n) is 6.94. The fraction of sp³-hybridized carbons (Fsp3) is 0.118. The summed E-state index contributed by atoms with van der Waals surface area (Å²) in [6, 6.07) is 13.2. The lowest BCUT2D eigenvalue weighted by Crippen LogP contribution is -2.23. The number of pyridine rings is 1. The van der Waals surface area contributed by atoms with Crippen LogP contribution in [0.5, 0.6) is 0 Å². The van der Waals surface area contributed by atoms with Gasteiger partial charge in [-0.25, -0.2) is 4.98 Å². The zero-order valence-corrected chi connectivity index (χ0v) is 12.1. The van der Waals surface area contributed by atoms with Gasteiger partial charge in [-0.2, -0.15) is 0 Å². The molecule has 3 aromatic rings. The highest BCUT2D eigenvalue weighted by Crippen LogP contribution is 2.21. The van der Waals surface area contributed by atoms with E-state index in [1.54, 1.807) is 19.3 Å². The molecule has 0 aliphatic carbocycles. The van der Waals surface area contributed by atoms with Crippen LogP contribution in [0.2, 0.25) is 0 Å². The van der Waals surface area contributed by atoms with Crippen molar-refractivity contribution in [2.45, 2.75) is 13.5 Å². The number of hydrogen-bond donors (Lipinski definition) is 1. The van der Waals surface area contributed by atoms with E-state index in [0.717, 1.165) is 11.1 Å². The van der Waals surface area contributed by atoms with Crippen LogP contribution in [0, 0.1) is 6.92 Å². The van der Waals surface area contributed by atoms with Gasteiger partial charge in [0.1, 0.15) is 5.76 Å². The average Bonchev–Trinajstić information content (AvgIpc) is 2.96. The largest absolute Gasteiger partial charge is 0.441 e. The van der Waals surface area contributed by atoms with Crippen molar-refractivity contribution in [3.63, 3.8) is 0 Å². The SMILES string of the molecule is Cc1oc(-c2ccccc2)nc1C(=O)NCc1cccnc1.